The summed E-state index contributed by atoms with van der Waals surface area (Å²) in [5, 5.41) is 2.45. The molecular formula is C17H17N3. The van der Waals surface area contributed by atoms with Gasteiger partial charge in [-0.25, -0.2) is 0 Å². The summed E-state index contributed by atoms with van der Waals surface area (Å²) >= 11 is 0. The van der Waals surface area contributed by atoms with Crippen molar-refractivity contribution in [3.63, 3.8) is 0 Å². The number of hydrogen-bond donors (Lipinski definition) is 0. The SMILES string of the molecule is Cc1cc2c(C(C)(C)C)cn3c4ccncc4c(n1)c23. The van der Waals surface area contributed by atoms with E-state index < -0.39 is 0 Å². The van der Waals surface area contributed by atoms with Gasteiger partial charge in [-0.2, -0.15) is 0 Å². The van der Waals surface area contributed by atoms with E-state index in [1.807, 2.05) is 12.4 Å². The van der Waals surface area contributed by atoms with Crippen LogP contribution in [0, 0.1) is 6.92 Å². The molecule has 3 nitrogen and oxygen atoms in total. The molecule has 0 aliphatic carbocycles. The van der Waals surface area contributed by atoms with Crippen LogP contribution in [0.1, 0.15) is 32.0 Å². The van der Waals surface area contributed by atoms with Crippen LogP contribution in [0.15, 0.2) is 30.7 Å². The average Bonchev–Trinajstić information content (AvgIpc) is 2.90. The van der Waals surface area contributed by atoms with Crippen LogP contribution in [0.4, 0.5) is 0 Å². The molecule has 0 fully saturated rings. The summed E-state index contributed by atoms with van der Waals surface area (Å²) in [6, 6.07) is 4.27. The van der Waals surface area contributed by atoms with E-state index in [1.54, 1.807) is 0 Å². The standard InChI is InChI=1S/C17H17N3/c1-10-7-11-13(17(2,3)4)9-20-14-5-6-18-8-12(14)15(19-10)16(11)20/h5-9H,1-4H3. The van der Waals surface area contributed by atoms with Gasteiger partial charge in [0.25, 0.3) is 0 Å². The summed E-state index contributed by atoms with van der Waals surface area (Å²) in [5.41, 5.74) is 6.05. The van der Waals surface area contributed by atoms with Crippen LogP contribution in [-0.2, 0) is 5.41 Å². The quantitative estimate of drug-likeness (QED) is 0.478. The number of pyridine rings is 2. The lowest BCUT2D eigenvalue weighted by atomic mass is 9.87. The molecule has 100 valence electrons. The maximum atomic E-state index is 4.75. The van der Waals surface area contributed by atoms with Gasteiger partial charge in [0.2, 0.25) is 0 Å². The molecule has 0 atom stereocenters. The molecular weight excluding hydrogens is 246 g/mol. The second kappa shape index (κ2) is 3.48. The van der Waals surface area contributed by atoms with E-state index in [1.165, 1.54) is 22.0 Å². The van der Waals surface area contributed by atoms with Crippen molar-refractivity contribution >= 4 is 27.3 Å². The predicted octanol–water partition coefficient (Wildman–Crippen LogP) is 4.08. The van der Waals surface area contributed by atoms with Crippen molar-refractivity contribution in [1.29, 1.82) is 0 Å². The van der Waals surface area contributed by atoms with Gasteiger partial charge in [0.05, 0.1) is 16.6 Å². The van der Waals surface area contributed by atoms with E-state index in [4.69, 9.17) is 4.98 Å². The van der Waals surface area contributed by atoms with Crippen molar-refractivity contribution in [3.05, 3.63) is 42.0 Å². The molecule has 0 unspecified atom stereocenters. The van der Waals surface area contributed by atoms with Crippen LogP contribution < -0.4 is 0 Å². The van der Waals surface area contributed by atoms with Crippen molar-refractivity contribution in [3.8, 4) is 0 Å². The average molecular weight is 263 g/mol. The van der Waals surface area contributed by atoms with Gasteiger partial charge < -0.3 is 4.40 Å². The third kappa shape index (κ3) is 1.35. The Bertz CT molecular complexity index is 941. The third-order valence-corrected chi connectivity index (χ3v) is 4.03. The summed E-state index contributed by atoms with van der Waals surface area (Å²) in [5.74, 6) is 0. The summed E-state index contributed by atoms with van der Waals surface area (Å²) in [7, 11) is 0. The molecule has 0 aliphatic heterocycles. The molecule has 3 heteroatoms. The molecule has 4 aromatic rings. The number of fused-ring (bicyclic) bond motifs is 3. The zero-order valence-corrected chi connectivity index (χ0v) is 12.2. The Morgan fingerprint density at radius 2 is 1.95 bits per heavy atom. The largest absolute Gasteiger partial charge is 0.313 e. The Morgan fingerprint density at radius 3 is 2.70 bits per heavy atom. The summed E-state index contributed by atoms with van der Waals surface area (Å²) in [4.78, 5) is 9.00. The van der Waals surface area contributed by atoms with Gasteiger partial charge in [-0.15, -0.1) is 0 Å². The lowest BCUT2D eigenvalue weighted by molar-refractivity contribution is 0.595. The van der Waals surface area contributed by atoms with Crippen molar-refractivity contribution in [1.82, 2.24) is 14.4 Å². The molecule has 4 aromatic heterocycles. The van der Waals surface area contributed by atoms with E-state index in [-0.39, 0.29) is 5.41 Å². The van der Waals surface area contributed by atoms with Crippen molar-refractivity contribution < 1.29 is 0 Å². The van der Waals surface area contributed by atoms with E-state index >= 15 is 0 Å². The minimum absolute atomic E-state index is 0.124. The number of hydrogen-bond acceptors (Lipinski definition) is 2. The molecule has 4 rings (SSSR count). The molecule has 0 aromatic carbocycles. The number of nitrogens with zero attached hydrogens (tertiary/aromatic N) is 3. The molecule has 0 radical (unpaired) electrons. The second-order valence-electron chi connectivity index (χ2n) is 6.56. The van der Waals surface area contributed by atoms with Gasteiger partial charge >= 0.3 is 0 Å². The molecule has 4 heterocycles. The van der Waals surface area contributed by atoms with E-state index in [0.717, 1.165) is 16.6 Å². The summed E-state index contributed by atoms with van der Waals surface area (Å²) in [6.45, 7) is 8.85. The van der Waals surface area contributed by atoms with Crippen molar-refractivity contribution in [2.75, 3.05) is 0 Å². The Labute approximate surface area is 117 Å². The Kier molecular flexibility index (Phi) is 2.03. The summed E-state index contributed by atoms with van der Waals surface area (Å²) < 4.78 is 2.27. The zero-order valence-electron chi connectivity index (χ0n) is 12.2. The highest BCUT2D eigenvalue weighted by Crippen LogP contribution is 2.38. The maximum Gasteiger partial charge on any atom is 0.0988 e. The first-order valence-corrected chi connectivity index (χ1v) is 6.95. The van der Waals surface area contributed by atoms with Gasteiger partial charge in [-0.1, -0.05) is 20.8 Å². The van der Waals surface area contributed by atoms with Crippen LogP contribution >= 0.6 is 0 Å². The Hall–Kier alpha value is -2.16. The predicted molar refractivity (Wildman–Crippen MR) is 82.6 cm³/mol. The number of aryl methyl sites for hydroxylation is 1. The molecule has 0 aliphatic rings. The normalized spacial score (nSPS) is 13.0. The molecule has 20 heavy (non-hydrogen) atoms. The molecule has 0 N–H and O–H groups in total. The van der Waals surface area contributed by atoms with Crippen molar-refractivity contribution in [2.45, 2.75) is 33.1 Å². The Morgan fingerprint density at radius 1 is 1.15 bits per heavy atom. The highest BCUT2D eigenvalue weighted by molar-refractivity contribution is 6.13. The third-order valence-electron chi connectivity index (χ3n) is 4.03. The number of aromatic nitrogens is 3. The Balaban J connectivity index is 2.33. The van der Waals surface area contributed by atoms with E-state index in [0.29, 0.717) is 0 Å². The van der Waals surface area contributed by atoms with Crippen LogP contribution in [0.3, 0.4) is 0 Å². The maximum absolute atomic E-state index is 4.75. The monoisotopic (exact) mass is 263 g/mol. The first-order chi connectivity index (χ1) is 9.47. The molecule has 0 amide bonds. The fourth-order valence-corrected chi connectivity index (χ4v) is 3.13. The first-order valence-electron chi connectivity index (χ1n) is 6.95. The highest BCUT2D eigenvalue weighted by atomic mass is 14.9. The smallest absolute Gasteiger partial charge is 0.0988 e. The van der Waals surface area contributed by atoms with Gasteiger partial charge in [0, 0.05) is 35.1 Å². The topological polar surface area (TPSA) is 30.2 Å². The molecule has 0 saturated carbocycles. The van der Waals surface area contributed by atoms with Crippen LogP contribution in [0.25, 0.3) is 27.3 Å². The van der Waals surface area contributed by atoms with Gasteiger partial charge in [0.15, 0.2) is 0 Å². The van der Waals surface area contributed by atoms with Crippen LogP contribution in [0.2, 0.25) is 0 Å². The van der Waals surface area contributed by atoms with E-state index in [9.17, 15) is 0 Å². The zero-order chi connectivity index (χ0) is 14.1. The lowest BCUT2D eigenvalue weighted by Crippen LogP contribution is -2.10. The number of rotatable bonds is 0. The van der Waals surface area contributed by atoms with E-state index in [2.05, 4.69) is 55.4 Å². The highest BCUT2D eigenvalue weighted by Gasteiger charge is 2.23. The first kappa shape index (κ1) is 11.6. The van der Waals surface area contributed by atoms with Gasteiger partial charge in [-0.05, 0) is 30.0 Å². The fourth-order valence-electron chi connectivity index (χ4n) is 3.13. The molecule has 0 saturated heterocycles. The lowest BCUT2D eigenvalue weighted by Gasteiger charge is -2.17. The van der Waals surface area contributed by atoms with Gasteiger partial charge in [0.1, 0.15) is 0 Å². The molecule has 0 spiro atoms. The van der Waals surface area contributed by atoms with Crippen LogP contribution in [-0.4, -0.2) is 14.4 Å². The van der Waals surface area contributed by atoms with Crippen molar-refractivity contribution in [2.24, 2.45) is 0 Å². The summed E-state index contributed by atoms with van der Waals surface area (Å²) in [6.07, 6.45) is 6.03. The fraction of sp³-hybridized carbons (Fsp3) is 0.294. The minimum Gasteiger partial charge on any atom is -0.313 e. The minimum atomic E-state index is 0.124. The second-order valence-corrected chi connectivity index (χ2v) is 6.56. The van der Waals surface area contributed by atoms with Gasteiger partial charge in [-0.3, -0.25) is 9.97 Å². The molecule has 0 bridgehead atoms. The van der Waals surface area contributed by atoms with Crippen LogP contribution in [0.5, 0.6) is 0 Å².